The second-order valence-corrected chi connectivity index (χ2v) is 6.27. The number of carbonyl (C=O) groups excluding carboxylic acids is 1. The Morgan fingerprint density at radius 3 is 2.57 bits per heavy atom. The highest BCUT2D eigenvalue weighted by Crippen LogP contribution is 2.31. The summed E-state index contributed by atoms with van der Waals surface area (Å²) >= 11 is 0. The van der Waals surface area contributed by atoms with Crippen LogP contribution >= 0.6 is 0 Å². The highest BCUT2D eigenvalue weighted by molar-refractivity contribution is 5.97. The van der Waals surface area contributed by atoms with E-state index < -0.39 is 0 Å². The summed E-state index contributed by atoms with van der Waals surface area (Å²) in [6.45, 7) is 0. The Morgan fingerprint density at radius 1 is 1.10 bits per heavy atom. The van der Waals surface area contributed by atoms with Crippen LogP contribution in [0.5, 0.6) is 0 Å². The fourth-order valence-electron chi connectivity index (χ4n) is 3.76. The molecule has 4 nitrogen and oxygen atoms in total. The molecule has 1 N–H and O–H groups in total. The Kier molecular flexibility index (Phi) is 3.19. The van der Waals surface area contributed by atoms with E-state index in [1.54, 1.807) is 6.20 Å². The Bertz CT molecular complexity index is 673. The Hall–Kier alpha value is -1.81. The quantitative estimate of drug-likeness (QED) is 0.860. The lowest BCUT2D eigenvalue weighted by molar-refractivity contribution is 0.0820. The zero-order chi connectivity index (χ0) is 14.2. The van der Waals surface area contributed by atoms with Gasteiger partial charge >= 0.3 is 0 Å². The van der Waals surface area contributed by atoms with Gasteiger partial charge in [0.1, 0.15) is 5.69 Å². The van der Waals surface area contributed by atoms with Crippen LogP contribution in [0.2, 0.25) is 0 Å². The number of aromatic nitrogens is 2. The predicted octanol–water partition coefficient (Wildman–Crippen LogP) is 2.73. The van der Waals surface area contributed by atoms with Crippen LogP contribution in [0.15, 0.2) is 30.5 Å². The van der Waals surface area contributed by atoms with Gasteiger partial charge in [-0.2, -0.15) is 0 Å². The summed E-state index contributed by atoms with van der Waals surface area (Å²) in [5, 5.41) is 3.63. The number of hydrogen-bond acceptors (Lipinski definition) is 4. The molecular formula is C17H19N3O. The lowest BCUT2D eigenvalue weighted by atomic mass is 9.78. The van der Waals surface area contributed by atoms with Crippen molar-refractivity contribution in [2.75, 3.05) is 0 Å². The van der Waals surface area contributed by atoms with Crippen LogP contribution < -0.4 is 5.32 Å². The van der Waals surface area contributed by atoms with Crippen molar-refractivity contribution in [1.82, 2.24) is 15.3 Å². The molecule has 1 aromatic carbocycles. The second-order valence-electron chi connectivity index (χ2n) is 6.27. The molecule has 0 spiro atoms. The maximum absolute atomic E-state index is 12.7. The molecule has 2 bridgehead atoms. The minimum atomic E-state index is 0.108. The van der Waals surface area contributed by atoms with E-state index in [0.717, 1.165) is 23.9 Å². The van der Waals surface area contributed by atoms with Gasteiger partial charge in [0.2, 0.25) is 0 Å². The molecular weight excluding hydrogens is 262 g/mol. The molecule has 4 rings (SSSR count). The van der Waals surface area contributed by atoms with Gasteiger partial charge in [0.05, 0.1) is 17.2 Å². The van der Waals surface area contributed by atoms with Gasteiger partial charge in [0.15, 0.2) is 5.78 Å². The summed E-state index contributed by atoms with van der Waals surface area (Å²) in [7, 11) is 0. The van der Waals surface area contributed by atoms with Crippen LogP contribution in [-0.4, -0.2) is 27.8 Å². The zero-order valence-electron chi connectivity index (χ0n) is 12.0. The third-order valence-electron chi connectivity index (χ3n) is 4.79. The van der Waals surface area contributed by atoms with Crippen LogP contribution in [0.25, 0.3) is 11.0 Å². The number of piperidine rings is 2. The van der Waals surface area contributed by atoms with Crippen LogP contribution in [-0.2, 0) is 0 Å². The molecule has 21 heavy (non-hydrogen) atoms. The van der Waals surface area contributed by atoms with E-state index in [2.05, 4.69) is 15.3 Å². The van der Waals surface area contributed by atoms with Crippen molar-refractivity contribution in [2.24, 2.45) is 5.92 Å². The van der Waals surface area contributed by atoms with Crippen LogP contribution in [0, 0.1) is 5.92 Å². The normalized spacial score (nSPS) is 28.5. The molecule has 2 unspecified atom stereocenters. The first-order valence-electron chi connectivity index (χ1n) is 7.81. The monoisotopic (exact) mass is 281 g/mol. The first-order valence-corrected chi connectivity index (χ1v) is 7.81. The molecule has 2 saturated heterocycles. The van der Waals surface area contributed by atoms with Crippen LogP contribution in [0.3, 0.4) is 0 Å². The maximum atomic E-state index is 12.7. The van der Waals surface area contributed by atoms with E-state index in [9.17, 15) is 4.79 Å². The zero-order valence-corrected chi connectivity index (χ0v) is 12.0. The van der Waals surface area contributed by atoms with Crippen molar-refractivity contribution in [3.63, 3.8) is 0 Å². The average Bonchev–Trinajstić information content (AvgIpc) is 2.53. The van der Waals surface area contributed by atoms with Crippen molar-refractivity contribution in [3.05, 3.63) is 36.2 Å². The number of ketones is 1. The number of hydrogen-bond donors (Lipinski definition) is 1. The predicted molar refractivity (Wildman–Crippen MR) is 81.2 cm³/mol. The molecule has 2 atom stereocenters. The fraction of sp³-hybridized carbons (Fsp3) is 0.471. The highest BCUT2D eigenvalue weighted by atomic mass is 16.1. The van der Waals surface area contributed by atoms with Gasteiger partial charge < -0.3 is 5.32 Å². The number of para-hydroxylation sites is 2. The summed E-state index contributed by atoms with van der Waals surface area (Å²) in [6, 6.07) is 8.73. The van der Waals surface area contributed by atoms with Crippen molar-refractivity contribution in [1.29, 1.82) is 0 Å². The molecule has 2 aliphatic rings. The summed E-state index contributed by atoms with van der Waals surface area (Å²) in [5.74, 6) is 0.281. The second kappa shape index (κ2) is 5.19. The molecule has 1 aromatic heterocycles. The molecule has 0 aliphatic carbocycles. The molecule has 108 valence electrons. The number of rotatable bonds is 2. The van der Waals surface area contributed by atoms with E-state index in [1.807, 2.05) is 24.3 Å². The van der Waals surface area contributed by atoms with Crippen molar-refractivity contribution in [3.8, 4) is 0 Å². The van der Waals surface area contributed by atoms with Crippen molar-refractivity contribution in [2.45, 2.75) is 44.2 Å². The lowest BCUT2D eigenvalue weighted by Gasteiger charge is -2.39. The smallest absolute Gasteiger partial charge is 0.185 e. The maximum Gasteiger partial charge on any atom is 0.185 e. The van der Waals surface area contributed by atoms with Gasteiger partial charge in [-0.25, -0.2) is 4.98 Å². The number of nitrogens with one attached hydrogen (secondary N) is 1. The Balaban J connectivity index is 1.60. The summed E-state index contributed by atoms with van der Waals surface area (Å²) in [4.78, 5) is 21.6. The highest BCUT2D eigenvalue weighted by Gasteiger charge is 2.35. The standard InChI is InChI=1S/C17H19N3O/c21-17(11-8-12-4-3-5-13(9-11)19-12)16-10-18-14-6-1-2-7-15(14)20-16/h1-2,6-7,10-13,19H,3-5,8-9H2. The third kappa shape index (κ3) is 2.44. The summed E-state index contributed by atoms with van der Waals surface area (Å²) in [5.41, 5.74) is 2.17. The Morgan fingerprint density at radius 2 is 1.81 bits per heavy atom. The van der Waals surface area contributed by atoms with E-state index in [4.69, 9.17) is 0 Å². The summed E-state index contributed by atoms with van der Waals surface area (Å²) < 4.78 is 0. The Labute approximate surface area is 124 Å². The van der Waals surface area contributed by atoms with Crippen LogP contribution in [0.4, 0.5) is 0 Å². The number of nitrogens with zero attached hydrogens (tertiary/aromatic N) is 2. The summed E-state index contributed by atoms with van der Waals surface area (Å²) in [6.07, 6.45) is 7.22. The molecule has 0 radical (unpaired) electrons. The van der Waals surface area contributed by atoms with Gasteiger partial charge in [0, 0.05) is 18.0 Å². The number of fused-ring (bicyclic) bond motifs is 3. The SMILES string of the molecule is O=C(c1cnc2ccccc2n1)C1CC2CCCC(C1)N2. The van der Waals surface area contributed by atoms with Gasteiger partial charge in [-0.3, -0.25) is 9.78 Å². The van der Waals surface area contributed by atoms with Gasteiger partial charge in [-0.05, 0) is 37.8 Å². The molecule has 0 amide bonds. The van der Waals surface area contributed by atoms with E-state index >= 15 is 0 Å². The van der Waals surface area contributed by atoms with E-state index in [0.29, 0.717) is 17.8 Å². The van der Waals surface area contributed by atoms with Crippen molar-refractivity contribution < 1.29 is 4.79 Å². The molecule has 3 heterocycles. The molecule has 2 aliphatic heterocycles. The number of benzene rings is 1. The lowest BCUT2D eigenvalue weighted by Crippen LogP contribution is -2.50. The first-order chi connectivity index (χ1) is 10.3. The van der Waals surface area contributed by atoms with Gasteiger partial charge in [-0.15, -0.1) is 0 Å². The number of Topliss-reactive ketones (excluding diaryl/α,β-unsaturated/α-hetero) is 1. The molecule has 2 fully saturated rings. The fourth-order valence-corrected chi connectivity index (χ4v) is 3.76. The largest absolute Gasteiger partial charge is 0.311 e. The minimum Gasteiger partial charge on any atom is -0.311 e. The van der Waals surface area contributed by atoms with Crippen LogP contribution in [0.1, 0.15) is 42.6 Å². The minimum absolute atomic E-state index is 0.108. The van der Waals surface area contributed by atoms with E-state index in [1.165, 1.54) is 19.3 Å². The van der Waals surface area contributed by atoms with Crippen molar-refractivity contribution >= 4 is 16.8 Å². The number of carbonyl (C=O) groups is 1. The van der Waals surface area contributed by atoms with Gasteiger partial charge in [0.25, 0.3) is 0 Å². The molecule has 4 heteroatoms. The first kappa shape index (κ1) is 12.9. The average molecular weight is 281 g/mol. The van der Waals surface area contributed by atoms with Gasteiger partial charge in [-0.1, -0.05) is 18.6 Å². The molecule has 0 saturated carbocycles. The van der Waals surface area contributed by atoms with E-state index in [-0.39, 0.29) is 11.7 Å². The molecule has 2 aromatic rings. The topological polar surface area (TPSA) is 54.9 Å². The third-order valence-corrected chi connectivity index (χ3v) is 4.79.